The van der Waals surface area contributed by atoms with Gasteiger partial charge in [-0.25, -0.2) is 0 Å². The van der Waals surface area contributed by atoms with Gasteiger partial charge in [-0.3, -0.25) is 0 Å². The maximum Gasteiger partial charge on any atom is 0.0524 e. The van der Waals surface area contributed by atoms with Crippen molar-refractivity contribution >= 4 is 5.69 Å². The Morgan fingerprint density at radius 2 is 1.90 bits per heavy atom. The fraction of sp³-hybridized carbons (Fsp3) is 0.684. The minimum absolute atomic E-state index is 0.135. The van der Waals surface area contributed by atoms with Gasteiger partial charge in [0, 0.05) is 18.8 Å². The van der Waals surface area contributed by atoms with E-state index >= 15 is 0 Å². The summed E-state index contributed by atoms with van der Waals surface area (Å²) in [6.45, 7) is 11.0. The lowest BCUT2D eigenvalue weighted by Crippen LogP contribution is -2.54. The summed E-state index contributed by atoms with van der Waals surface area (Å²) < 4.78 is 0. The normalized spacial score (nSPS) is 25.4. The van der Waals surface area contributed by atoms with Crippen molar-refractivity contribution in [1.29, 1.82) is 0 Å². The number of benzene rings is 1. The van der Waals surface area contributed by atoms with Gasteiger partial charge in [-0.2, -0.15) is 0 Å². The average Bonchev–Trinajstić information content (AvgIpc) is 2.59. The molecule has 1 unspecified atom stereocenters. The second-order valence-corrected chi connectivity index (χ2v) is 7.53. The van der Waals surface area contributed by atoms with Crippen LogP contribution in [0.3, 0.4) is 0 Å². The van der Waals surface area contributed by atoms with Crippen LogP contribution in [0.15, 0.2) is 24.3 Å². The molecular formula is C19H32N2. The highest BCUT2D eigenvalue weighted by atomic mass is 15.2. The molecule has 2 rings (SSSR count). The smallest absolute Gasteiger partial charge is 0.0524 e. The highest BCUT2D eigenvalue weighted by Crippen LogP contribution is 2.41. The summed E-state index contributed by atoms with van der Waals surface area (Å²) in [4.78, 5) is 2.57. The van der Waals surface area contributed by atoms with Gasteiger partial charge in [-0.1, -0.05) is 32.4 Å². The van der Waals surface area contributed by atoms with Gasteiger partial charge in [-0.05, 0) is 62.6 Å². The molecule has 1 fully saturated rings. The van der Waals surface area contributed by atoms with Gasteiger partial charge in [-0.15, -0.1) is 0 Å². The van der Waals surface area contributed by atoms with E-state index < -0.39 is 0 Å². The summed E-state index contributed by atoms with van der Waals surface area (Å²) in [5, 5.41) is 0. The van der Waals surface area contributed by atoms with E-state index in [1.807, 2.05) is 0 Å². The lowest BCUT2D eigenvalue weighted by molar-refractivity contribution is 0.293. The van der Waals surface area contributed by atoms with Crippen LogP contribution < -0.4 is 10.6 Å². The zero-order chi connectivity index (χ0) is 15.5. The van der Waals surface area contributed by atoms with Gasteiger partial charge in [0.2, 0.25) is 0 Å². The number of nitrogens with zero attached hydrogens (tertiary/aromatic N) is 1. The van der Waals surface area contributed by atoms with E-state index in [1.165, 1.54) is 43.4 Å². The SMILES string of the molecule is CCN(c1cccc(C)c1)C1(CN)CCCC(C)(C)CC1. The van der Waals surface area contributed by atoms with E-state index in [1.54, 1.807) is 0 Å². The van der Waals surface area contributed by atoms with E-state index in [0.717, 1.165) is 13.1 Å². The molecule has 1 aromatic rings. The number of likely N-dealkylation sites (N-methyl/N-ethyl adjacent to an activating group) is 1. The molecule has 0 amide bonds. The van der Waals surface area contributed by atoms with Crippen LogP contribution in [-0.2, 0) is 0 Å². The van der Waals surface area contributed by atoms with E-state index in [2.05, 4.69) is 56.9 Å². The van der Waals surface area contributed by atoms with Gasteiger partial charge >= 0.3 is 0 Å². The molecule has 1 aromatic carbocycles. The maximum atomic E-state index is 6.31. The van der Waals surface area contributed by atoms with Crippen LogP contribution in [0.2, 0.25) is 0 Å². The summed E-state index contributed by atoms with van der Waals surface area (Å²) in [5.41, 5.74) is 9.56. The number of hydrogen-bond donors (Lipinski definition) is 1. The fourth-order valence-electron chi connectivity index (χ4n) is 3.89. The standard InChI is InChI=1S/C19H32N2/c1-5-21(17-9-6-8-16(2)14-17)19(15-20)11-7-10-18(3,4)12-13-19/h6,8-9,14H,5,7,10-13,15,20H2,1-4H3. The predicted octanol–water partition coefficient (Wildman–Crippen LogP) is 4.51. The molecule has 2 nitrogen and oxygen atoms in total. The number of nitrogens with two attached hydrogens (primary N) is 1. The first-order valence-corrected chi connectivity index (χ1v) is 8.47. The molecule has 1 saturated carbocycles. The highest BCUT2D eigenvalue weighted by molar-refractivity contribution is 5.51. The van der Waals surface area contributed by atoms with Crippen LogP contribution in [0.25, 0.3) is 0 Å². The van der Waals surface area contributed by atoms with Crippen molar-refractivity contribution < 1.29 is 0 Å². The summed E-state index contributed by atoms with van der Waals surface area (Å²) in [6.07, 6.45) is 6.30. The first-order chi connectivity index (χ1) is 9.92. The minimum Gasteiger partial charge on any atom is -0.365 e. The zero-order valence-corrected chi connectivity index (χ0v) is 14.3. The molecule has 21 heavy (non-hydrogen) atoms. The van der Waals surface area contributed by atoms with Gasteiger partial charge in [0.1, 0.15) is 0 Å². The van der Waals surface area contributed by atoms with Gasteiger partial charge in [0.15, 0.2) is 0 Å². The molecule has 0 heterocycles. The van der Waals surface area contributed by atoms with Crippen LogP contribution in [0.1, 0.15) is 58.4 Å². The van der Waals surface area contributed by atoms with Crippen molar-refractivity contribution in [3.63, 3.8) is 0 Å². The predicted molar refractivity (Wildman–Crippen MR) is 92.9 cm³/mol. The second kappa shape index (κ2) is 6.39. The average molecular weight is 288 g/mol. The summed E-state index contributed by atoms with van der Waals surface area (Å²) in [7, 11) is 0. The Labute approximate surface area is 130 Å². The molecule has 0 spiro atoms. The summed E-state index contributed by atoms with van der Waals surface area (Å²) >= 11 is 0. The molecule has 2 heteroatoms. The first-order valence-electron chi connectivity index (χ1n) is 8.47. The topological polar surface area (TPSA) is 29.3 Å². The molecule has 0 aliphatic heterocycles. The molecule has 1 aliphatic carbocycles. The monoisotopic (exact) mass is 288 g/mol. The molecule has 0 aromatic heterocycles. The largest absolute Gasteiger partial charge is 0.365 e. The third-order valence-corrected chi connectivity index (χ3v) is 5.34. The molecular weight excluding hydrogens is 256 g/mol. The highest BCUT2D eigenvalue weighted by Gasteiger charge is 2.38. The van der Waals surface area contributed by atoms with Gasteiger partial charge in [0.25, 0.3) is 0 Å². The zero-order valence-electron chi connectivity index (χ0n) is 14.3. The Kier molecular flexibility index (Phi) is 4.98. The first kappa shape index (κ1) is 16.4. The molecule has 0 bridgehead atoms. The maximum absolute atomic E-state index is 6.31. The summed E-state index contributed by atoms with van der Waals surface area (Å²) in [5.74, 6) is 0. The Bertz CT molecular complexity index is 466. The Morgan fingerprint density at radius 1 is 1.14 bits per heavy atom. The Morgan fingerprint density at radius 3 is 2.52 bits per heavy atom. The molecule has 2 N–H and O–H groups in total. The quantitative estimate of drug-likeness (QED) is 0.826. The van der Waals surface area contributed by atoms with E-state index in [0.29, 0.717) is 5.41 Å². The van der Waals surface area contributed by atoms with Crippen molar-refractivity contribution in [2.75, 3.05) is 18.0 Å². The number of aryl methyl sites for hydroxylation is 1. The van der Waals surface area contributed by atoms with Crippen molar-refractivity contribution in [3.05, 3.63) is 29.8 Å². The Balaban J connectivity index is 2.32. The summed E-state index contributed by atoms with van der Waals surface area (Å²) in [6, 6.07) is 8.88. The number of anilines is 1. The van der Waals surface area contributed by atoms with Crippen molar-refractivity contribution in [2.24, 2.45) is 11.1 Å². The van der Waals surface area contributed by atoms with E-state index in [-0.39, 0.29) is 5.54 Å². The van der Waals surface area contributed by atoms with Crippen LogP contribution in [-0.4, -0.2) is 18.6 Å². The fourth-order valence-corrected chi connectivity index (χ4v) is 3.89. The second-order valence-electron chi connectivity index (χ2n) is 7.53. The molecule has 1 atom stereocenters. The van der Waals surface area contributed by atoms with E-state index in [4.69, 9.17) is 5.73 Å². The van der Waals surface area contributed by atoms with Crippen LogP contribution in [0.4, 0.5) is 5.69 Å². The van der Waals surface area contributed by atoms with E-state index in [9.17, 15) is 0 Å². The van der Waals surface area contributed by atoms with Crippen LogP contribution >= 0.6 is 0 Å². The Hall–Kier alpha value is -1.02. The van der Waals surface area contributed by atoms with Gasteiger partial charge in [0.05, 0.1) is 5.54 Å². The lowest BCUT2D eigenvalue weighted by atomic mass is 9.82. The molecule has 0 radical (unpaired) electrons. The van der Waals surface area contributed by atoms with Crippen molar-refractivity contribution in [2.45, 2.75) is 65.3 Å². The van der Waals surface area contributed by atoms with Crippen molar-refractivity contribution in [3.8, 4) is 0 Å². The third-order valence-electron chi connectivity index (χ3n) is 5.34. The molecule has 0 saturated heterocycles. The molecule has 1 aliphatic rings. The minimum atomic E-state index is 0.135. The third kappa shape index (κ3) is 3.60. The number of rotatable bonds is 4. The van der Waals surface area contributed by atoms with Gasteiger partial charge < -0.3 is 10.6 Å². The van der Waals surface area contributed by atoms with Crippen LogP contribution in [0.5, 0.6) is 0 Å². The van der Waals surface area contributed by atoms with Crippen molar-refractivity contribution in [1.82, 2.24) is 0 Å². The lowest BCUT2D eigenvalue weighted by Gasteiger charge is -2.45. The number of hydrogen-bond acceptors (Lipinski definition) is 2. The molecule has 118 valence electrons. The van der Waals surface area contributed by atoms with Crippen LogP contribution in [0, 0.1) is 12.3 Å².